The second-order valence-electron chi connectivity index (χ2n) is 9.24. The van der Waals surface area contributed by atoms with Crippen molar-refractivity contribution in [3.05, 3.63) is 0 Å². The Morgan fingerprint density at radius 2 is 1.88 bits per heavy atom. The van der Waals surface area contributed by atoms with E-state index in [2.05, 4.69) is 20.8 Å². The third-order valence-corrected chi connectivity index (χ3v) is 5.92. The number of rotatable bonds is 2. The van der Waals surface area contributed by atoms with E-state index in [1.807, 2.05) is 25.7 Å². The summed E-state index contributed by atoms with van der Waals surface area (Å²) in [7, 11) is 0. The first-order valence-corrected chi connectivity index (χ1v) is 9.80. The number of likely N-dealkylation sites (tertiary alicyclic amines) is 1. The smallest absolute Gasteiger partial charge is 0.410 e. The molecular formula is C20H37NO3. The summed E-state index contributed by atoms with van der Waals surface area (Å²) in [6.45, 7) is 13.2. The molecule has 1 amide bonds. The van der Waals surface area contributed by atoms with E-state index in [9.17, 15) is 9.90 Å². The summed E-state index contributed by atoms with van der Waals surface area (Å²) >= 11 is 0. The number of nitrogens with zero attached hydrogens (tertiary/aromatic N) is 1. The van der Waals surface area contributed by atoms with Crippen LogP contribution in [0.3, 0.4) is 0 Å². The van der Waals surface area contributed by atoms with Gasteiger partial charge in [-0.3, -0.25) is 0 Å². The van der Waals surface area contributed by atoms with Gasteiger partial charge in [-0.1, -0.05) is 27.2 Å². The fraction of sp³-hybridized carbons (Fsp3) is 0.950. The minimum atomic E-state index is -0.478. The van der Waals surface area contributed by atoms with Crippen molar-refractivity contribution in [3.63, 3.8) is 0 Å². The molecular weight excluding hydrogens is 302 g/mol. The first-order chi connectivity index (χ1) is 11.1. The highest BCUT2D eigenvalue weighted by Gasteiger charge is 2.45. The fourth-order valence-corrected chi connectivity index (χ4v) is 4.83. The monoisotopic (exact) mass is 339 g/mol. The third kappa shape index (κ3) is 4.65. The molecule has 140 valence electrons. The van der Waals surface area contributed by atoms with E-state index in [4.69, 9.17) is 4.74 Å². The molecule has 0 bridgehead atoms. The fourth-order valence-electron chi connectivity index (χ4n) is 4.83. The molecule has 1 aliphatic carbocycles. The molecule has 1 heterocycles. The van der Waals surface area contributed by atoms with E-state index in [1.165, 1.54) is 0 Å². The Bertz CT molecular complexity index is 419. The highest BCUT2D eigenvalue weighted by atomic mass is 16.6. The van der Waals surface area contributed by atoms with Gasteiger partial charge in [-0.15, -0.1) is 0 Å². The number of carbonyl (C=O) groups is 1. The molecule has 0 aromatic rings. The molecule has 1 aliphatic heterocycles. The van der Waals surface area contributed by atoms with Crippen LogP contribution in [0.2, 0.25) is 0 Å². The minimum Gasteiger partial charge on any atom is -0.444 e. The molecule has 1 saturated carbocycles. The van der Waals surface area contributed by atoms with Crippen LogP contribution in [-0.4, -0.2) is 40.4 Å². The Hall–Kier alpha value is -0.770. The standard InChI is InChI=1S/C20H37NO3/c1-7-15-8-9-21(19(23)24-20(4,5)6)16(12-15)18-14(3)10-13(2)11-17(18)22/h13-18,22H,7-12H2,1-6H3. The predicted octanol–water partition coefficient (Wildman–Crippen LogP) is 4.46. The van der Waals surface area contributed by atoms with Crippen LogP contribution in [0.1, 0.15) is 73.6 Å². The molecule has 6 atom stereocenters. The summed E-state index contributed by atoms with van der Waals surface area (Å²) in [5, 5.41) is 10.8. The van der Waals surface area contributed by atoms with Crippen LogP contribution in [0.25, 0.3) is 0 Å². The van der Waals surface area contributed by atoms with Crippen molar-refractivity contribution in [3.8, 4) is 0 Å². The van der Waals surface area contributed by atoms with Crippen molar-refractivity contribution < 1.29 is 14.6 Å². The van der Waals surface area contributed by atoms with E-state index in [-0.39, 0.29) is 24.2 Å². The SMILES string of the molecule is CCC1CCN(C(=O)OC(C)(C)C)C(C2C(C)CC(C)CC2O)C1. The van der Waals surface area contributed by atoms with E-state index in [0.717, 1.165) is 38.6 Å². The normalized spacial score (nSPS) is 38.0. The maximum Gasteiger partial charge on any atom is 0.410 e. The van der Waals surface area contributed by atoms with Crippen molar-refractivity contribution in [2.75, 3.05) is 6.54 Å². The summed E-state index contributed by atoms with van der Waals surface area (Å²) in [5.74, 6) is 1.82. The zero-order valence-corrected chi connectivity index (χ0v) is 16.4. The molecule has 0 aromatic heterocycles. The highest BCUT2D eigenvalue weighted by Crippen LogP contribution is 2.41. The minimum absolute atomic E-state index is 0.107. The molecule has 2 fully saturated rings. The zero-order valence-electron chi connectivity index (χ0n) is 16.4. The lowest BCUT2D eigenvalue weighted by Crippen LogP contribution is -2.56. The van der Waals surface area contributed by atoms with E-state index < -0.39 is 5.60 Å². The molecule has 24 heavy (non-hydrogen) atoms. The molecule has 6 unspecified atom stereocenters. The number of piperidine rings is 1. The molecule has 0 radical (unpaired) electrons. The van der Waals surface area contributed by atoms with E-state index in [0.29, 0.717) is 17.8 Å². The Morgan fingerprint density at radius 3 is 2.42 bits per heavy atom. The van der Waals surface area contributed by atoms with Crippen molar-refractivity contribution in [1.82, 2.24) is 4.90 Å². The summed E-state index contributed by atoms with van der Waals surface area (Å²) in [4.78, 5) is 14.7. The average molecular weight is 340 g/mol. The van der Waals surface area contributed by atoms with Crippen LogP contribution in [-0.2, 0) is 4.74 Å². The van der Waals surface area contributed by atoms with Gasteiger partial charge in [0.2, 0.25) is 0 Å². The predicted molar refractivity (Wildman–Crippen MR) is 96.8 cm³/mol. The number of ether oxygens (including phenoxy) is 1. The van der Waals surface area contributed by atoms with Crippen molar-refractivity contribution in [1.29, 1.82) is 0 Å². The molecule has 0 aromatic carbocycles. The van der Waals surface area contributed by atoms with Crippen molar-refractivity contribution >= 4 is 6.09 Å². The van der Waals surface area contributed by atoms with Gasteiger partial charge in [-0.25, -0.2) is 4.79 Å². The quantitative estimate of drug-likeness (QED) is 0.808. The summed E-state index contributed by atoms with van der Waals surface area (Å²) in [5.41, 5.74) is -0.478. The maximum absolute atomic E-state index is 12.8. The van der Waals surface area contributed by atoms with Crippen LogP contribution in [0.5, 0.6) is 0 Å². The van der Waals surface area contributed by atoms with Crippen LogP contribution in [0.4, 0.5) is 4.79 Å². The average Bonchev–Trinajstić information content (AvgIpc) is 2.44. The van der Waals surface area contributed by atoms with Crippen molar-refractivity contribution in [2.45, 2.75) is 91.4 Å². The van der Waals surface area contributed by atoms with Crippen LogP contribution in [0, 0.1) is 23.7 Å². The highest BCUT2D eigenvalue weighted by molar-refractivity contribution is 5.68. The Labute approximate surface area is 147 Å². The lowest BCUT2D eigenvalue weighted by molar-refractivity contribution is -0.0594. The van der Waals surface area contributed by atoms with Gasteiger partial charge >= 0.3 is 6.09 Å². The molecule has 1 N–H and O–H groups in total. The first kappa shape index (κ1) is 19.6. The van der Waals surface area contributed by atoms with Crippen LogP contribution >= 0.6 is 0 Å². The lowest BCUT2D eigenvalue weighted by atomic mass is 9.67. The topological polar surface area (TPSA) is 49.8 Å². The molecule has 0 spiro atoms. The number of carbonyl (C=O) groups excluding carboxylic acids is 1. The number of aliphatic hydroxyl groups is 1. The molecule has 4 nitrogen and oxygen atoms in total. The maximum atomic E-state index is 12.8. The summed E-state index contributed by atoms with van der Waals surface area (Å²) in [6, 6.07) is 0.107. The zero-order chi connectivity index (χ0) is 18.1. The van der Waals surface area contributed by atoms with Gasteiger partial charge < -0.3 is 14.7 Å². The van der Waals surface area contributed by atoms with E-state index in [1.54, 1.807) is 0 Å². The van der Waals surface area contributed by atoms with Gasteiger partial charge in [0.25, 0.3) is 0 Å². The summed E-state index contributed by atoms with van der Waals surface area (Å²) in [6.07, 6.45) is 4.65. The Kier molecular flexibility index (Phi) is 6.22. The number of hydrogen-bond acceptors (Lipinski definition) is 3. The van der Waals surface area contributed by atoms with Crippen LogP contribution in [0.15, 0.2) is 0 Å². The van der Waals surface area contributed by atoms with Gasteiger partial charge in [-0.05, 0) is 64.2 Å². The van der Waals surface area contributed by atoms with Gasteiger partial charge in [-0.2, -0.15) is 0 Å². The lowest BCUT2D eigenvalue weighted by Gasteiger charge is -2.49. The van der Waals surface area contributed by atoms with Gasteiger partial charge in [0, 0.05) is 18.5 Å². The first-order valence-electron chi connectivity index (χ1n) is 9.80. The van der Waals surface area contributed by atoms with Gasteiger partial charge in [0.15, 0.2) is 0 Å². The number of amides is 1. The Morgan fingerprint density at radius 1 is 1.21 bits per heavy atom. The molecule has 2 rings (SSSR count). The summed E-state index contributed by atoms with van der Waals surface area (Å²) < 4.78 is 5.66. The number of hydrogen-bond donors (Lipinski definition) is 1. The second kappa shape index (κ2) is 7.63. The molecule has 1 saturated heterocycles. The van der Waals surface area contributed by atoms with E-state index >= 15 is 0 Å². The van der Waals surface area contributed by atoms with Gasteiger partial charge in [0.05, 0.1) is 6.10 Å². The Balaban J connectivity index is 2.20. The van der Waals surface area contributed by atoms with Crippen LogP contribution < -0.4 is 0 Å². The van der Waals surface area contributed by atoms with Crippen molar-refractivity contribution in [2.24, 2.45) is 23.7 Å². The number of aliphatic hydroxyl groups excluding tert-OH is 1. The largest absolute Gasteiger partial charge is 0.444 e. The van der Waals surface area contributed by atoms with Gasteiger partial charge in [0.1, 0.15) is 5.60 Å². The molecule has 4 heteroatoms. The second-order valence-corrected chi connectivity index (χ2v) is 9.24. The molecule has 2 aliphatic rings. The third-order valence-electron chi connectivity index (χ3n) is 5.92.